The number of hydrogen-bond donors (Lipinski definition) is 1. The second kappa shape index (κ2) is 6.25. The van der Waals surface area contributed by atoms with Crippen molar-refractivity contribution in [3.05, 3.63) is 35.6 Å². The Bertz CT molecular complexity index is 386. The Morgan fingerprint density at radius 1 is 1.33 bits per heavy atom. The van der Waals surface area contributed by atoms with Gasteiger partial charge in [-0.15, -0.1) is 0 Å². The Labute approximate surface area is 106 Å². The monoisotopic (exact) mass is 255 g/mol. The SMILES string of the molecule is OC1CCN(CCc2ccccc2F)C(CF)C1. The zero-order valence-corrected chi connectivity index (χ0v) is 10.4. The Hall–Kier alpha value is -1.00. The molecule has 1 fully saturated rings. The van der Waals surface area contributed by atoms with Gasteiger partial charge in [0.15, 0.2) is 0 Å². The van der Waals surface area contributed by atoms with Crippen molar-refractivity contribution in [3.63, 3.8) is 0 Å². The zero-order chi connectivity index (χ0) is 13.0. The lowest BCUT2D eigenvalue weighted by Crippen LogP contribution is -2.46. The van der Waals surface area contributed by atoms with Gasteiger partial charge in [-0.25, -0.2) is 8.78 Å². The summed E-state index contributed by atoms with van der Waals surface area (Å²) in [5, 5.41) is 9.50. The van der Waals surface area contributed by atoms with Crippen LogP contribution in [-0.4, -0.2) is 41.9 Å². The highest BCUT2D eigenvalue weighted by Crippen LogP contribution is 2.19. The Morgan fingerprint density at radius 2 is 2.11 bits per heavy atom. The van der Waals surface area contributed by atoms with Gasteiger partial charge in [-0.3, -0.25) is 4.90 Å². The number of hydrogen-bond acceptors (Lipinski definition) is 2. The number of benzene rings is 1. The predicted octanol–water partition coefficient (Wildman–Crippen LogP) is 2.16. The maximum absolute atomic E-state index is 13.5. The van der Waals surface area contributed by atoms with Crippen LogP contribution in [0, 0.1) is 5.82 Å². The van der Waals surface area contributed by atoms with Gasteiger partial charge in [-0.05, 0) is 30.9 Å². The second-order valence-corrected chi connectivity index (χ2v) is 4.86. The summed E-state index contributed by atoms with van der Waals surface area (Å²) >= 11 is 0. The van der Waals surface area contributed by atoms with Gasteiger partial charge < -0.3 is 5.11 Å². The van der Waals surface area contributed by atoms with Gasteiger partial charge in [-0.2, -0.15) is 0 Å². The molecule has 100 valence electrons. The van der Waals surface area contributed by atoms with Gasteiger partial charge >= 0.3 is 0 Å². The van der Waals surface area contributed by atoms with Crippen LogP contribution in [0.5, 0.6) is 0 Å². The number of halogens is 2. The molecule has 2 nitrogen and oxygen atoms in total. The summed E-state index contributed by atoms with van der Waals surface area (Å²) < 4.78 is 26.3. The summed E-state index contributed by atoms with van der Waals surface area (Å²) in [5.41, 5.74) is 0.668. The highest BCUT2D eigenvalue weighted by Gasteiger charge is 2.26. The summed E-state index contributed by atoms with van der Waals surface area (Å²) in [6.07, 6.45) is 1.34. The van der Waals surface area contributed by atoms with Crippen molar-refractivity contribution >= 4 is 0 Å². The Kier molecular flexibility index (Phi) is 4.66. The van der Waals surface area contributed by atoms with E-state index in [2.05, 4.69) is 0 Å². The van der Waals surface area contributed by atoms with Crippen molar-refractivity contribution < 1.29 is 13.9 Å². The van der Waals surface area contributed by atoms with E-state index >= 15 is 0 Å². The number of likely N-dealkylation sites (tertiary alicyclic amines) is 1. The maximum Gasteiger partial charge on any atom is 0.126 e. The van der Waals surface area contributed by atoms with Crippen LogP contribution in [0.15, 0.2) is 24.3 Å². The van der Waals surface area contributed by atoms with Crippen molar-refractivity contribution in [1.29, 1.82) is 0 Å². The maximum atomic E-state index is 13.5. The third-order valence-electron chi connectivity index (χ3n) is 3.61. The second-order valence-electron chi connectivity index (χ2n) is 4.86. The Balaban J connectivity index is 1.91. The fourth-order valence-electron chi connectivity index (χ4n) is 2.50. The normalized spacial score (nSPS) is 25.3. The molecule has 0 bridgehead atoms. The predicted molar refractivity (Wildman–Crippen MR) is 66.7 cm³/mol. The molecule has 1 saturated heterocycles. The summed E-state index contributed by atoms with van der Waals surface area (Å²) in [6, 6.07) is 6.46. The third-order valence-corrected chi connectivity index (χ3v) is 3.61. The quantitative estimate of drug-likeness (QED) is 0.891. The van der Waals surface area contributed by atoms with E-state index in [1.165, 1.54) is 6.07 Å². The number of aliphatic hydroxyl groups is 1. The minimum atomic E-state index is -0.450. The van der Waals surface area contributed by atoms with E-state index in [0.717, 1.165) is 0 Å². The molecule has 0 radical (unpaired) electrons. The molecular weight excluding hydrogens is 236 g/mol. The number of piperidine rings is 1. The lowest BCUT2D eigenvalue weighted by atomic mass is 9.99. The molecule has 0 saturated carbocycles. The van der Waals surface area contributed by atoms with E-state index in [1.807, 2.05) is 11.0 Å². The average Bonchev–Trinajstić information content (AvgIpc) is 2.39. The minimum absolute atomic E-state index is 0.202. The molecule has 0 spiro atoms. The Morgan fingerprint density at radius 3 is 2.83 bits per heavy atom. The van der Waals surface area contributed by atoms with Gasteiger partial charge in [0.2, 0.25) is 0 Å². The van der Waals surface area contributed by atoms with Gasteiger partial charge in [-0.1, -0.05) is 18.2 Å². The largest absolute Gasteiger partial charge is 0.393 e. The molecule has 2 rings (SSSR count). The van der Waals surface area contributed by atoms with Crippen LogP contribution in [0.4, 0.5) is 8.78 Å². The molecule has 1 aromatic carbocycles. The number of nitrogens with zero attached hydrogens (tertiary/aromatic N) is 1. The highest BCUT2D eigenvalue weighted by molar-refractivity contribution is 5.17. The lowest BCUT2D eigenvalue weighted by Gasteiger charge is -2.36. The van der Waals surface area contributed by atoms with E-state index in [-0.39, 0.29) is 11.9 Å². The summed E-state index contributed by atoms with van der Waals surface area (Å²) in [7, 11) is 0. The van der Waals surface area contributed by atoms with Crippen molar-refractivity contribution in [2.24, 2.45) is 0 Å². The lowest BCUT2D eigenvalue weighted by molar-refractivity contribution is 0.0321. The summed E-state index contributed by atoms with van der Waals surface area (Å²) in [5.74, 6) is -0.202. The molecule has 2 atom stereocenters. The van der Waals surface area contributed by atoms with E-state index in [9.17, 15) is 13.9 Å². The molecular formula is C14H19F2NO. The fourth-order valence-corrected chi connectivity index (χ4v) is 2.50. The minimum Gasteiger partial charge on any atom is -0.393 e. The van der Waals surface area contributed by atoms with E-state index < -0.39 is 12.8 Å². The third kappa shape index (κ3) is 3.27. The van der Waals surface area contributed by atoms with Gasteiger partial charge in [0.1, 0.15) is 12.5 Å². The topological polar surface area (TPSA) is 23.5 Å². The molecule has 0 aliphatic carbocycles. The van der Waals surface area contributed by atoms with E-state index in [1.54, 1.807) is 12.1 Å². The molecule has 0 amide bonds. The smallest absolute Gasteiger partial charge is 0.126 e. The molecule has 1 aliphatic heterocycles. The van der Waals surface area contributed by atoms with Gasteiger partial charge in [0.25, 0.3) is 0 Å². The van der Waals surface area contributed by atoms with Crippen LogP contribution in [0.25, 0.3) is 0 Å². The first-order valence-corrected chi connectivity index (χ1v) is 6.42. The number of rotatable bonds is 4. The van der Waals surface area contributed by atoms with Crippen LogP contribution >= 0.6 is 0 Å². The number of aliphatic hydroxyl groups excluding tert-OH is 1. The fraction of sp³-hybridized carbons (Fsp3) is 0.571. The molecule has 1 aromatic rings. The number of alkyl halides is 1. The first-order valence-electron chi connectivity index (χ1n) is 6.42. The van der Waals surface area contributed by atoms with Crippen LogP contribution in [0.2, 0.25) is 0 Å². The molecule has 1 heterocycles. The summed E-state index contributed by atoms with van der Waals surface area (Å²) in [4.78, 5) is 2.01. The molecule has 1 N–H and O–H groups in total. The van der Waals surface area contributed by atoms with Crippen molar-refractivity contribution in [2.45, 2.75) is 31.4 Å². The molecule has 2 unspecified atom stereocenters. The highest BCUT2D eigenvalue weighted by atomic mass is 19.1. The standard InChI is InChI=1S/C14H19F2NO/c15-10-12-9-13(18)6-8-17(12)7-5-11-3-1-2-4-14(11)16/h1-4,12-13,18H,5-10H2. The van der Waals surface area contributed by atoms with Crippen molar-refractivity contribution in [2.75, 3.05) is 19.8 Å². The van der Waals surface area contributed by atoms with Crippen molar-refractivity contribution in [1.82, 2.24) is 4.90 Å². The van der Waals surface area contributed by atoms with Crippen LogP contribution in [-0.2, 0) is 6.42 Å². The molecule has 4 heteroatoms. The van der Waals surface area contributed by atoms with Crippen LogP contribution in [0.3, 0.4) is 0 Å². The summed E-state index contributed by atoms with van der Waals surface area (Å²) in [6.45, 7) is 0.876. The molecule has 1 aliphatic rings. The van der Waals surface area contributed by atoms with Gasteiger partial charge in [0, 0.05) is 19.1 Å². The van der Waals surface area contributed by atoms with E-state index in [0.29, 0.717) is 37.9 Å². The zero-order valence-electron chi connectivity index (χ0n) is 10.4. The van der Waals surface area contributed by atoms with E-state index in [4.69, 9.17) is 0 Å². The average molecular weight is 255 g/mol. The molecule has 18 heavy (non-hydrogen) atoms. The van der Waals surface area contributed by atoms with Gasteiger partial charge in [0.05, 0.1) is 6.10 Å². The molecule has 0 aromatic heterocycles. The first kappa shape index (κ1) is 13.4. The van der Waals surface area contributed by atoms with Crippen LogP contribution in [0.1, 0.15) is 18.4 Å². The van der Waals surface area contributed by atoms with Crippen molar-refractivity contribution in [3.8, 4) is 0 Å². The first-order chi connectivity index (χ1) is 8.70. The van der Waals surface area contributed by atoms with Crippen LogP contribution < -0.4 is 0 Å².